The number of aromatic nitrogens is 2. The van der Waals surface area contributed by atoms with Crippen molar-refractivity contribution < 1.29 is 13.9 Å². The third kappa shape index (κ3) is 6.14. The number of aryl methyl sites for hydroxylation is 2. The lowest BCUT2D eigenvalue weighted by Gasteiger charge is -2.21. The van der Waals surface area contributed by atoms with E-state index in [0.29, 0.717) is 29.9 Å². The molecule has 4 aromatic rings. The number of hydrogen-bond acceptors (Lipinski definition) is 5. The van der Waals surface area contributed by atoms with Gasteiger partial charge in [0.15, 0.2) is 0 Å². The van der Waals surface area contributed by atoms with Gasteiger partial charge in [-0.25, -0.2) is 14.4 Å². The van der Waals surface area contributed by atoms with E-state index in [9.17, 15) is 9.18 Å². The Labute approximate surface area is 235 Å². The summed E-state index contributed by atoms with van der Waals surface area (Å²) in [6.45, 7) is 8.44. The van der Waals surface area contributed by atoms with Gasteiger partial charge in [0.1, 0.15) is 11.6 Å². The van der Waals surface area contributed by atoms with E-state index in [1.807, 2.05) is 57.2 Å². The minimum absolute atomic E-state index is 0.127. The van der Waals surface area contributed by atoms with Crippen LogP contribution in [0.3, 0.4) is 0 Å². The number of anilines is 1. The standard InChI is InChI=1S/C31H31FN4O2.C2H6/c1-4-5-21-14-29(33)36-18(2)26(21)16-35-31(37)23-9-7-20-10-19-6-8-22(11-24(19)13-25(20)12-23)27-17-34-30(38-3)15-28(27)32;1-2/h6-9,11-12,14-15,17H,4-5,10,13,16H2,1-3H3,(H2,33,36)(H,35,37);1-2H3. The Morgan fingerprint density at radius 2 is 1.73 bits per heavy atom. The smallest absolute Gasteiger partial charge is 0.251 e. The first-order chi connectivity index (χ1) is 19.4. The summed E-state index contributed by atoms with van der Waals surface area (Å²) in [5.41, 5.74) is 15.4. The molecule has 6 nitrogen and oxygen atoms in total. The molecular formula is C33H37FN4O2. The minimum atomic E-state index is -0.374. The first-order valence-electron chi connectivity index (χ1n) is 13.8. The van der Waals surface area contributed by atoms with E-state index in [4.69, 9.17) is 10.5 Å². The highest BCUT2D eigenvalue weighted by Gasteiger charge is 2.19. The summed E-state index contributed by atoms with van der Waals surface area (Å²) in [6.07, 6.45) is 4.81. The maximum absolute atomic E-state index is 14.7. The summed E-state index contributed by atoms with van der Waals surface area (Å²) in [7, 11) is 1.46. The van der Waals surface area contributed by atoms with E-state index in [2.05, 4.69) is 28.3 Å². The number of carbonyl (C=O) groups excluding carboxylic acids is 1. The Bertz CT molecular complexity index is 1530. The Hall–Kier alpha value is -4.26. The average Bonchev–Trinajstić information content (AvgIpc) is 2.96. The van der Waals surface area contributed by atoms with Crippen molar-refractivity contribution in [1.29, 1.82) is 0 Å². The van der Waals surface area contributed by atoms with E-state index in [1.165, 1.54) is 30.5 Å². The van der Waals surface area contributed by atoms with E-state index in [0.717, 1.165) is 52.8 Å². The molecule has 0 unspecified atom stereocenters. The van der Waals surface area contributed by atoms with E-state index in [1.54, 1.807) is 0 Å². The number of fused-ring (bicyclic) bond motifs is 2. The number of nitrogens with two attached hydrogens (primary N) is 1. The molecule has 5 rings (SSSR count). The zero-order valence-corrected chi connectivity index (χ0v) is 23.9. The predicted molar refractivity (Wildman–Crippen MR) is 158 cm³/mol. The maximum atomic E-state index is 14.7. The van der Waals surface area contributed by atoms with Crippen LogP contribution < -0.4 is 15.8 Å². The summed E-state index contributed by atoms with van der Waals surface area (Å²) in [4.78, 5) is 21.7. The maximum Gasteiger partial charge on any atom is 0.251 e. The minimum Gasteiger partial charge on any atom is -0.481 e. The van der Waals surface area contributed by atoms with Crippen LogP contribution >= 0.6 is 0 Å². The fourth-order valence-electron chi connectivity index (χ4n) is 5.18. The molecule has 40 heavy (non-hydrogen) atoms. The molecule has 2 aromatic carbocycles. The van der Waals surface area contributed by atoms with Gasteiger partial charge in [-0.1, -0.05) is 51.5 Å². The van der Waals surface area contributed by atoms with Crippen molar-refractivity contribution in [3.8, 4) is 17.0 Å². The monoisotopic (exact) mass is 540 g/mol. The van der Waals surface area contributed by atoms with Gasteiger partial charge in [-0.2, -0.15) is 0 Å². The molecule has 2 aromatic heterocycles. The summed E-state index contributed by atoms with van der Waals surface area (Å²) in [6, 6.07) is 15.1. The number of methoxy groups -OCH3 is 1. The van der Waals surface area contributed by atoms with Crippen molar-refractivity contribution in [2.45, 2.75) is 59.9 Å². The highest BCUT2D eigenvalue weighted by atomic mass is 19.1. The quantitative estimate of drug-likeness (QED) is 0.243. The summed E-state index contributed by atoms with van der Waals surface area (Å²) < 4.78 is 19.7. The molecule has 0 atom stereocenters. The van der Waals surface area contributed by atoms with Gasteiger partial charge >= 0.3 is 0 Å². The molecule has 7 heteroatoms. The number of amides is 1. The van der Waals surface area contributed by atoms with Crippen molar-refractivity contribution in [2.75, 3.05) is 12.8 Å². The second-order valence-electron chi connectivity index (χ2n) is 9.73. The zero-order chi connectivity index (χ0) is 28.8. The average molecular weight is 541 g/mol. The molecule has 0 aliphatic heterocycles. The van der Waals surface area contributed by atoms with Gasteiger partial charge < -0.3 is 15.8 Å². The number of ether oxygens (including phenoxy) is 1. The van der Waals surface area contributed by atoms with Crippen LogP contribution in [0.15, 0.2) is 54.7 Å². The Morgan fingerprint density at radius 1 is 1.02 bits per heavy atom. The molecule has 0 radical (unpaired) electrons. The number of halogens is 1. The van der Waals surface area contributed by atoms with Crippen molar-refractivity contribution >= 4 is 11.7 Å². The lowest BCUT2D eigenvalue weighted by molar-refractivity contribution is 0.0950. The van der Waals surface area contributed by atoms with Crippen molar-refractivity contribution in [3.63, 3.8) is 0 Å². The normalized spacial score (nSPS) is 11.6. The molecule has 1 amide bonds. The molecule has 0 saturated carbocycles. The van der Waals surface area contributed by atoms with E-state index < -0.39 is 0 Å². The van der Waals surface area contributed by atoms with Crippen LogP contribution in [0.2, 0.25) is 0 Å². The van der Waals surface area contributed by atoms with E-state index in [-0.39, 0.29) is 17.6 Å². The third-order valence-electron chi connectivity index (χ3n) is 7.17. The topological polar surface area (TPSA) is 90.1 Å². The van der Waals surface area contributed by atoms with Crippen LogP contribution in [0.5, 0.6) is 5.88 Å². The lowest BCUT2D eigenvalue weighted by atomic mass is 9.84. The van der Waals surface area contributed by atoms with Crippen LogP contribution in [0, 0.1) is 12.7 Å². The highest BCUT2D eigenvalue weighted by molar-refractivity contribution is 5.94. The molecule has 0 saturated heterocycles. The highest BCUT2D eigenvalue weighted by Crippen LogP contribution is 2.32. The van der Waals surface area contributed by atoms with Gasteiger partial charge in [-0.15, -0.1) is 0 Å². The third-order valence-corrected chi connectivity index (χ3v) is 7.17. The summed E-state index contributed by atoms with van der Waals surface area (Å²) >= 11 is 0. The Morgan fingerprint density at radius 3 is 2.42 bits per heavy atom. The van der Waals surface area contributed by atoms with Gasteiger partial charge in [0, 0.05) is 35.6 Å². The van der Waals surface area contributed by atoms with Gasteiger partial charge in [-0.3, -0.25) is 4.79 Å². The number of nitrogens with zero attached hydrogens (tertiary/aromatic N) is 2. The first-order valence-corrected chi connectivity index (χ1v) is 13.8. The fraction of sp³-hybridized carbons (Fsp3) is 0.303. The molecule has 0 fully saturated rings. The summed E-state index contributed by atoms with van der Waals surface area (Å²) in [5.74, 6) is 0.247. The number of pyridine rings is 2. The van der Waals surface area contributed by atoms with Gasteiger partial charge in [-0.05, 0) is 83.3 Å². The number of nitrogen functional groups attached to an aromatic ring is 1. The molecular weight excluding hydrogens is 503 g/mol. The molecule has 208 valence electrons. The number of hydrogen-bond donors (Lipinski definition) is 2. The molecule has 1 aliphatic rings. The molecule has 1 aliphatic carbocycles. The van der Waals surface area contributed by atoms with Crippen molar-refractivity contribution in [1.82, 2.24) is 15.3 Å². The summed E-state index contributed by atoms with van der Waals surface area (Å²) in [5, 5.41) is 3.07. The van der Waals surface area contributed by atoms with Crippen LogP contribution in [0.25, 0.3) is 11.1 Å². The second kappa shape index (κ2) is 12.7. The molecule has 0 spiro atoms. The Kier molecular flexibility index (Phi) is 9.15. The number of rotatable bonds is 7. The predicted octanol–water partition coefficient (Wildman–Crippen LogP) is 6.59. The lowest BCUT2D eigenvalue weighted by Crippen LogP contribution is -2.25. The Balaban J connectivity index is 0.00000181. The first kappa shape index (κ1) is 28.7. The molecule has 2 heterocycles. The van der Waals surface area contributed by atoms with Crippen LogP contribution in [0.1, 0.15) is 76.6 Å². The van der Waals surface area contributed by atoms with Gasteiger partial charge in [0.25, 0.3) is 5.91 Å². The van der Waals surface area contributed by atoms with Crippen LogP contribution in [0.4, 0.5) is 10.2 Å². The number of carbonyl (C=O) groups is 1. The van der Waals surface area contributed by atoms with Crippen molar-refractivity contribution in [3.05, 3.63) is 105 Å². The fourth-order valence-corrected chi connectivity index (χ4v) is 5.18. The number of benzene rings is 2. The zero-order valence-electron chi connectivity index (χ0n) is 23.9. The largest absolute Gasteiger partial charge is 0.481 e. The second-order valence-corrected chi connectivity index (χ2v) is 9.73. The number of nitrogens with one attached hydrogen (secondary N) is 1. The van der Waals surface area contributed by atoms with E-state index >= 15 is 0 Å². The SMILES string of the molecule is CC.CCCc1cc(N)nc(C)c1CNC(=O)c1ccc2c(c1)Cc1cc(-c3cnc(OC)cc3F)ccc1C2. The molecule has 3 N–H and O–H groups in total. The van der Waals surface area contributed by atoms with Gasteiger partial charge in [0.05, 0.1) is 7.11 Å². The molecule has 0 bridgehead atoms. The van der Waals surface area contributed by atoms with Crippen molar-refractivity contribution in [2.24, 2.45) is 0 Å². The van der Waals surface area contributed by atoms with Crippen LogP contribution in [-0.4, -0.2) is 23.0 Å². The van der Waals surface area contributed by atoms with Gasteiger partial charge in [0.2, 0.25) is 5.88 Å². The van der Waals surface area contributed by atoms with Crippen LogP contribution in [-0.2, 0) is 25.8 Å².